The number of carbonyl (C=O) groups excluding carboxylic acids is 1. The molecule has 0 aliphatic rings. The number of aliphatic carboxylic acids is 1. The van der Waals surface area contributed by atoms with Gasteiger partial charge in [0.25, 0.3) is 5.91 Å². The van der Waals surface area contributed by atoms with Crippen LogP contribution in [-0.4, -0.2) is 41.0 Å². The van der Waals surface area contributed by atoms with Gasteiger partial charge in [0, 0.05) is 6.07 Å². The molecule has 0 saturated carbocycles. The van der Waals surface area contributed by atoms with Crippen LogP contribution >= 0.6 is 0 Å². The summed E-state index contributed by atoms with van der Waals surface area (Å²) in [5, 5.41) is 16.1. The van der Waals surface area contributed by atoms with E-state index < -0.39 is 23.7 Å². The van der Waals surface area contributed by atoms with E-state index in [1.165, 1.54) is 43.2 Å². The van der Waals surface area contributed by atoms with Crippen molar-refractivity contribution >= 4 is 11.9 Å². The minimum absolute atomic E-state index is 0.0478. The van der Waals surface area contributed by atoms with Crippen LogP contribution in [0.2, 0.25) is 0 Å². The molecule has 1 aromatic heterocycles. The number of carboxylic acid groups (broad SMARTS) is 1. The number of carbonyl (C=O) groups is 2. The quantitative estimate of drug-likeness (QED) is 0.589. The zero-order valence-corrected chi connectivity index (χ0v) is 16.3. The summed E-state index contributed by atoms with van der Waals surface area (Å²) in [6, 6.07) is 13.2. The Morgan fingerprint density at radius 3 is 2.57 bits per heavy atom. The Kier molecular flexibility index (Phi) is 6.31. The van der Waals surface area contributed by atoms with Gasteiger partial charge in [0.05, 0.1) is 26.7 Å². The first-order chi connectivity index (χ1) is 14.4. The number of benzene rings is 2. The second kappa shape index (κ2) is 9.08. The molecule has 9 heteroatoms. The summed E-state index contributed by atoms with van der Waals surface area (Å²) < 4.78 is 25.7. The molecule has 1 atom stereocenters. The fraction of sp³-hybridized carbons (Fsp3) is 0.190. The summed E-state index contributed by atoms with van der Waals surface area (Å²) in [4.78, 5) is 24.1. The molecule has 0 aliphatic carbocycles. The van der Waals surface area contributed by atoms with Crippen molar-refractivity contribution in [3.05, 3.63) is 71.7 Å². The van der Waals surface area contributed by atoms with Crippen molar-refractivity contribution in [2.75, 3.05) is 14.2 Å². The Morgan fingerprint density at radius 1 is 1.13 bits per heavy atom. The first-order valence-electron chi connectivity index (χ1n) is 8.98. The van der Waals surface area contributed by atoms with E-state index in [-0.39, 0.29) is 23.7 Å². The molecule has 0 radical (unpaired) electrons. The number of para-hydroxylation sites is 1. The van der Waals surface area contributed by atoms with Gasteiger partial charge in [-0.3, -0.25) is 9.59 Å². The van der Waals surface area contributed by atoms with Crippen molar-refractivity contribution in [3.8, 4) is 17.3 Å². The van der Waals surface area contributed by atoms with Crippen LogP contribution in [0.15, 0.2) is 54.6 Å². The highest BCUT2D eigenvalue weighted by molar-refractivity contribution is 5.93. The number of halogens is 1. The van der Waals surface area contributed by atoms with E-state index in [9.17, 15) is 19.1 Å². The number of carboxylic acids is 1. The predicted octanol–water partition coefficient (Wildman–Crippen LogP) is 2.97. The van der Waals surface area contributed by atoms with E-state index in [2.05, 4.69) is 10.4 Å². The Labute approximate surface area is 171 Å². The zero-order valence-electron chi connectivity index (χ0n) is 16.3. The number of nitrogens with zero attached hydrogens (tertiary/aromatic N) is 2. The Balaban J connectivity index is 1.91. The number of methoxy groups -OCH3 is 2. The second-order valence-corrected chi connectivity index (χ2v) is 6.34. The highest BCUT2D eigenvalue weighted by Crippen LogP contribution is 2.24. The molecule has 0 fully saturated rings. The molecule has 3 aromatic rings. The number of hydrogen-bond donors (Lipinski definition) is 2. The summed E-state index contributed by atoms with van der Waals surface area (Å²) in [5.74, 6) is -1.56. The minimum Gasteiger partial charge on any atom is -0.497 e. The molecule has 0 aliphatic heterocycles. The zero-order chi connectivity index (χ0) is 21.7. The van der Waals surface area contributed by atoms with Crippen LogP contribution in [0.5, 0.6) is 11.6 Å². The normalized spacial score (nSPS) is 11.6. The summed E-state index contributed by atoms with van der Waals surface area (Å²) in [7, 11) is 2.87. The average molecular weight is 413 g/mol. The van der Waals surface area contributed by atoms with Gasteiger partial charge in [-0.05, 0) is 29.8 Å². The fourth-order valence-corrected chi connectivity index (χ4v) is 2.93. The number of nitrogens with one attached hydrogen (secondary N) is 1. The maximum absolute atomic E-state index is 14.2. The van der Waals surface area contributed by atoms with Crippen LogP contribution in [0.4, 0.5) is 4.39 Å². The van der Waals surface area contributed by atoms with Gasteiger partial charge >= 0.3 is 5.97 Å². The molecule has 3 rings (SSSR count). The molecule has 1 heterocycles. The topological polar surface area (TPSA) is 103 Å². The van der Waals surface area contributed by atoms with Gasteiger partial charge in [-0.25, -0.2) is 4.39 Å². The van der Waals surface area contributed by atoms with E-state index in [0.717, 1.165) is 0 Å². The van der Waals surface area contributed by atoms with Crippen LogP contribution < -0.4 is 14.8 Å². The van der Waals surface area contributed by atoms with Gasteiger partial charge in [0.1, 0.15) is 17.3 Å². The smallest absolute Gasteiger partial charge is 0.305 e. The minimum atomic E-state index is -1.09. The fourth-order valence-electron chi connectivity index (χ4n) is 2.93. The molecule has 1 amide bonds. The molecule has 0 unspecified atom stereocenters. The van der Waals surface area contributed by atoms with Crippen molar-refractivity contribution in [1.29, 1.82) is 0 Å². The summed E-state index contributed by atoms with van der Waals surface area (Å²) in [5.41, 5.74) is 0.627. The van der Waals surface area contributed by atoms with Crippen LogP contribution in [-0.2, 0) is 4.79 Å². The van der Waals surface area contributed by atoms with E-state index in [0.29, 0.717) is 11.3 Å². The van der Waals surface area contributed by atoms with Gasteiger partial charge in [-0.15, -0.1) is 0 Å². The third kappa shape index (κ3) is 4.57. The van der Waals surface area contributed by atoms with E-state index in [1.54, 1.807) is 30.3 Å². The van der Waals surface area contributed by atoms with Gasteiger partial charge in [-0.1, -0.05) is 24.3 Å². The van der Waals surface area contributed by atoms with Crippen LogP contribution in [0.25, 0.3) is 5.69 Å². The summed E-state index contributed by atoms with van der Waals surface area (Å²) >= 11 is 0. The molecule has 0 bridgehead atoms. The standard InChI is InChI=1S/C21H20FN3O5/c1-29-14-7-5-6-13(10-14)16(12-20(26)27)23-21(28)17-11-19(30-2)25(24-17)18-9-4-3-8-15(18)22/h3-11,16H,12H2,1-2H3,(H,23,28)(H,26,27)/t16-/m0/s1. The molecule has 30 heavy (non-hydrogen) atoms. The summed E-state index contributed by atoms with van der Waals surface area (Å²) in [6.07, 6.45) is -0.343. The highest BCUT2D eigenvalue weighted by atomic mass is 19.1. The molecule has 156 valence electrons. The maximum Gasteiger partial charge on any atom is 0.305 e. The molecule has 0 saturated heterocycles. The van der Waals surface area contributed by atoms with Crippen LogP contribution in [0.3, 0.4) is 0 Å². The van der Waals surface area contributed by atoms with Gasteiger partial charge in [0.2, 0.25) is 5.88 Å². The van der Waals surface area contributed by atoms with Crippen LogP contribution in [0.1, 0.15) is 28.5 Å². The van der Waals surface area contributed by atoms with Gasteiger partial charge in [-0.2, -0.15) is 9.78 Å². The monoisotopic (exact) mass is 413 g/mol. The van der Waals surface area contributed by atoms with Crippen LogP contribution in [0, 0.1) is 5.82 Å². The number of amides is 1. The SMILES string of the molecule is COc1cccc([C@H](CC(=O)O)NC(=O)c2cc(OC)n(-c3ccccc3F)n2)c1. The van der Waals surface area contributed by atoms with Crippen molar-refractivity contribution in [1.82, 2.24) is 15.1 Å². The Morgan fingerprint density at radius 2 is 1.90 bits per heavy atom. The van der Waals surface area contributed by atoms with Crippen molar-refractivity contribution in [2.24, 2.45) is 0 Å². The number of hydrogen-bond acceptors (Lipinski definition) is 5. The molecule has 2 aromatic carbocycles. The largest absolute Gasteiger partial charge is 0.497 e. The molecular formula is C21H20FN3O5. The van der Waals surface area contributed by atoms with Crippen molar-refractivity contribution < 1.29 is 28.6 Å². The Bertz CT molecular complexity index is 1070. The lowest BCUT2D eigenvalue weighted by Crippen LogP contribution is -2.30. The first-order valence-corrected chi connectivity index (χ1v) is 8.98. The second-order valence-electron chi connectivity index (χ2n) is 6.34. The van der Waals surface area contributed by atoms with Crippen molar-refractivity contribution in [2.45, 2.75) is 12.5 Å². The number of aromatic nitrogens is 2. The third-order valence-electron chi connectivity index (χ3n) is 4.38. The van der Waals surface area contributed by atoms with Gasteiger partial charge < -0.3 is 19.9 Å². The third-order valence-corrected chi connectivity index (χ3v) is 4.38. The lowest BCUT2D eigenvalue weighted by atomic mass is 10.0. The Hall–Kier alpha value is -3.88. The first kappa shape index (κ1) is 20.8. The lowest BCUT2D eigenvalue weighted by Gasteiger charge is -2.17. The number of ether oxygens (including phenoxy) is 2. The lowest BCUT2D eigenvalue weighted by molar-refractivity contribution is -0.137. The van der Waals surface area contributed by atoms with E-state index in [4.69, 9.17) is 9.47 Å². The molecule has 8 nitrogen and oxygen atoms in total. The van der Waals surface area contributed by atoms with Gasteiger partial charge in [0.15, 0.2) is 5.69 Å². The molecule has 2 N–H and O–H groups in total. The van der Waals surface area contributed by atoms with Crippen molar-refractivity contribution in [3.63, 3.8) is 0 Å². The molecular weight excluding hydrogens is 393 g/mol. The average Bonchev–Trinajstić information content (AvgIpc) is 3.17. The van der Waals surface area contributed by atoms with E-state index in [1.807, 2.05) is 0 Å². The summed E-state index contributed by atoms with van der Waals surface area (Å²) in [6.45, 7) is 0. The highest BCUT2D eigenvalue weighted by Gasteiger charge is 2.23. The predicted molar refractivity (Wildman–Crippen MR) is 106 cm³/mol. The molecule has 0 spiro atoms. The maximum atomic E-state index is 14.2. The number of rotatable bonds is 8. The van der Waals surface area contributed by atoms with E-state index >= 15 is 0 Å².